The third kappa shape index (κ3) is 4.99. The van der Waals surface area contributed by atoms with E-state index < -0.39 is 20.5 Å². The van der Waals surface area contributed by atoms with Crippen LogP contribution >= 0.6 is 15.9 Å². The van der Waals surface area contributed by atoms with Crippen LogP contribution < -0.4 is 10.6 Å². The molecule has 2 N–H and O–H groups in total. The van der Waals surface area contributed by atoms with Gasteiger partial charge >= 0.3 is 5.76 Å². The zero-order valence-electron chi connectivity index (χ0n) is 13.1. The maximum absolute atomic E-state index is 12.5. The normalized spacial score (nSPS) is 11.4. The van der Waals surface area contributed by atoms with Crippen molar-refractivity contribution in [3.05, 3.63) is 52.5 Å². The van der Waals surface area contributed by atoms with E-state index in [-0.39, 0.29) is 12.5 Å². The Hall–Kier alpha value is -2.00. The summed E-state index contributed by atoms with van der Waals surface area (Å²) in [6.07, 6.45) is 0. The molecule has 0 aliphatic rings. The highest BCUT2D eigenvalue weighted by Gasteiger charge is 2.26. The number of anilines is 2. The first-order valence-electron chi connectivity index (χ1n) is 7.12. The van der Waals surface area contributed by atoms with E-state index in [0.717, 1.165) is 22.2 Å². The van der Waals surface area contributed by atoms with Crippen LogP contribution in [-0.2, 0) is 14.6 Å². The molecule has 0 atom stereocenters. The monoisotopic (exact) mass is 432 g/mol. The second-order valence-corrected chi connectivity index (χ2v) is 7.97. The lowest BCUT2D eigenvalue weighted by Crippen LogP contribution is -2.21. The average Bonchev–Trinajstić information content (AvgIpc) is 2.56. The highest BCUT2D eigenvalue weighted by molar-refractivity contribution is 9.10. The van der Waals surface area contributed by atoms with Crippen molar-refractivity contribution in [3.63, 3.8) is 0 Å². The molecule has 0 saturated carbocycles. The van der Waals surface area contributed by atoms with Gasteiger partial charge in [0.1, 0.15) is 0 Å². The third-order valence-corrected chi connectivity index (χ3v) is 5.60. The summed E-state index contributed by atoms with van der Waals surface area (Å²) >= 11 is 3.37. The van der Waals surface area contributed by atoms with Crippen molar-refractivity contribution >= 4 is 43.0 Å². The lowest BCUT2D eigenvalue weighted by molar-refractivity contribution is -0.114. The number of benzene rings is 2. The van der Waals surface area contributed by atoms with Crippen LogP contribution in [0, 0.1) is 6.92 Å². The summed E-state index contributed by atoms with van der Waals surface area (Å²) in [5, 5.41) is 5.51. The highest BCUT2D eigenvalue weighted by atomic mass is 79.9. The summed E-state index contributed by atoms with van der Waals surface area (Å²) in [6.45, 7) is 1.84. The maximum atomic E-state index is 12.5. The van der Waals surface area contributed by atoms with E-state index in [4.69, 9.17) is 0 Å². The number of nitrogens with one attached hydrogen (secondary N) is 2. The van der Waals surface area contributed by atoms with Gasteiger partial charge in [0.2, 0.25) is 15.7 Å². The Balaban J connectivity index is 1.94. The number of halogens is 3. The van der Waals surface area contributed by atoms with Gasteiger partial charge in [0.15, 0.2) is 0 Å². The number of hydrogen-bond donors (Lipinski definition) is 2. The van der Waals surface area contributed by atoms with E-state index in [1.54, 1.807) is 6.07 Å². The van der Waals surface area contributed by atoms with Gasteiger partial charge in [0, 0.05) is 15.8 Å². The summed E-state index contributed by atoms with van der Waals surface area (Å²) in [5.41, 5.74) is 2.06. The van der Waals surface area contributed by atoms with Crippen LogP contribution in [0.25, 0.3) is 0 Å². The van der Waals surface area contributed by atoms with Gasteiger partial charge in [-0.25, -0.2) is 8.42 Å². The second-order valence-electron chi connectivity index (χ2n) is 5.20. The van der Waals surface area contributed by atoms with Crippen LogP contribution in [0.2, 0.25) is 0 Å². The number of carbonyl (C=O) groups excluding carboxylic acids is 1. The topological polar surface area (TPSA) is 75.3 Å². The van der Waals surface area contributed by atoms with Crippen molar-refractivity contribution in [2.75, 3.05) is 17.2 Å². The molecule has 0 aliphatic heterocycles. The molecule has 9 heteroatoms. The minimum absolute atomic E-state index is 0.0595. The number of amides is 1. The van der Waals surface area contributed by atoms with Crippen LogP contribution in [0.15, 0.2) is 51.8 Å². The molecule has 25 heavy (non-hydrogen) atoms. The summed E-state index contributed by atoms with van der Waals surface area (Å²) in [6, 6.07) is 10.2. The van der Waals surface area contributed by atoms with Crippen molar-refractivity contribution < 1.29 is 22.0 Å². The van der Waals surface area contributed by atoms with Crippen molar-refractivity contribution in [1.82, 2.24) is 0 Å². The SMILES string of the molecule is Cc1cc(NC(=O)CNc2ccc(S(=O)(=O)C(F)F)cc2)ccc1Br. The largest absolute Gasteiger partial charge is 0.376 e. The van der Waals surface area contributed by atoms with Gasteiger partial charge < -0.3 is 10.6 Å². The molecule has 1 amide bonds. The first-order chi connectivity index (χ1) is 11.7. The molecule has 0 unspecified atom stereocenters. The molecule has 2 rings (SSSR count). The molecule has 0 fully saturated rings. The van der Waals surface area contributed by atoms with Gasteiger partial charge in [-0.3, -0.25) is 4.79 Å². The molecule has 5 nitrogen and oxygen atoms in total. The van der Waals surface area contributed by atoms with Crippen LogP contribution in [0.1, 0.15) is 5.56 Å². The fourth-order valence-electron chi connectivity index (χ4n) is 1.98. The third-order valence-electron chi connectivity index (χ3n) is 3.31. The predicted molar refractivity (Wildman–Crippen MR) is 95.6 cm³/mol. The Kier molecular flexibility index (Phi) is 6.12. The average molecular weight is 433 g/mol. The van der Waals surface area contributed by atoms with Crippen LogP contribution in [0.3, 0.4) is 0 Å². The molecule has 2 aromatic carbocycles. The van der Waals surface area contributed by atoms with E-state index in [2.05, 4.69) is 26.6 Å². The van der Waals surface area contributed by atoms with Crippen LogP contribution in [0.4, 0.5) is 20.2 Å². The molecule has 0 saturated heterocycles. The first-order valence-corrected chi connectivity index (χ1v) is 9.46. The molecule has 134 valence electrons. The van der Waals surface area contributed by atoms with Crippen molar-refractivity contribution in [2.24, 2.45) is 0 Å². The molecular weight excluding hydrogens is 418 g/mol. The molecule has 0 heterocycles. The summed E-state index contributed by atoms with van der Waals surface area (Å²) in [5.74, 6) is -3.77. The molecule has 0 bridgehead atoms. The van der Waals surface area contributed by atoms with E-state index in [0.29, 0.717) is 11.4 Å². The lowest BCUT2D eigenvalue weighted by atomic mass is 10.2. The Morgan fingerprint density at radius 1 is 1.12 bits per heavy atom. The van der Waals surface area contributed by atoms with E-state index in [1.807, 2.05) is 19.1 Å². The summed E-state index contributed by atoms with van der Waals surface area (Å²) < 4.78 is 48.5. The van der Waals surface area contributed by atoms with Crippen LogP contribution in [0.5, 0.6) is 0 Å². The molecule has 0 radical (unpaired) electrons. The zero-order chi connectivity index (χ0) is 18.6. The number of carbonyl (C=O) groups is 1. The minimum atomic E-state index is -4.62. The van der Waals surface area contributed by atoms with E-state index in [1.165, 1.54) is 12.1 Å². The second kappa shape index (κ2) is 7.92. The maximum Gasteiger partial charge on any atom is 0.341 e. The predicted octanol–water partition coefficient (Wildman–Crippen LogP) is 3.80. The fraction of sp³-hybridized carbons (Fsp3) is 0.188. The van der Waals surface area contributed by atoms with Crippen molar-refractivity contribution in [2.45, 2.75) is 17.6 Å². The summed E-state index contributed by atoms with van der Waals surface area (Å²) in [7, 11) is -4.62. The quantitative estimate of drug-likeness (QED) is 0.727. The number of hydrogen-bond acceptors (Lipinski definition) is 4. The van der Waals surface area contributed by atoms with Gasteiger partial charge in [-0.2, -0.15) is 8.78 Å². The van der Waals surface area contributed by atoms with Gasteiger partial charge in [-0.15, -0.1) is 0 Å². The Morgan fingerprint density at radius 2 is 1.72 bits per heavy atom. The number of alkyl halides is 2. The molecule has 0 aliphatic carbocycles. The fourth-order valence-corrected chi connectivity index (χ4v) is 2.94. The highest BCUT2D eigenvalue weighted by Crippen LogP contribution is 2.21. The van der Waals surface area contributed by atoms with Crippen molar-refractivity contribution in [3.8, 4) is 0 Å². The lowest BCUT2D eigenvalue weighted by Gasteiger charge is -2.10. The van der Waals surface area contributed by atoms with Gasteiger partial charge in [-0.05, 0) is 55.0 Å². The van der Waals surface area contributed by atoms with E-state index in [9.17, 15) is 22.0 Å². The first kappa shape index (κ1) is 19.3. The number of aryl methyl sites for hydroxylation is 1. The molecular formula is C16H15BrF2N2O3S. The standard InChI is InChI=1S/C16H15BrF2N2O3S/c1-10-8-12(4-7-14(10)17)21-15(22)9-20-11-2-5-13(6-3-11)25(23,24)16(18)19/h2-8,16,20H,9H2,1H3,(H,21,22). The van der Waals surface area contributed by atoms with Gasteiger partial charge in [0.05, 0.1) is 11.4 Å². The smallest absolute Gasteiger partial charge is 0.341 e. The Morgan fingerprint density at radius 3 is 2.28 bits per heavy atom. The number of rotatable bonds is 6. The Labute approximate surface area is 152 Å². The van der Waals surface area contributed by atoms with Crippen molar-refractivity contribution in [1.29, 1.82) is 0 Å². The molecule has 0 aromatic heterocycles. The number of sulfone groups is 1. The molecule has 0 spiro atoms. The zero-order valence-corrected chi connectivity index (χ0v) is 15.5. The Bertz CT molecular complexity index is 871. The molecule has 2 aromatic rings. The van der Waals surface area contributed by atoms with E-state index >= 15 is 0 Å². The summed E-state index contributed by atoms with van der Waals surface area (Å²) in [4.78, 5) is 11.4. The van der Waals surface area contributed by atoms with Crippen LogP contribution in [-0.4, -0.2) is 26.6 Å². The van der Waals surface area contributed by atoms with Gasteiger partial charge in [0.25, 0.3) is 0 Å². The minimum Gasteiger partial charge on any atom is -0.376 e. The van der Waals surface area contributed by atoms with Gasteiger partial charge in [-0.1, -0.05) is 15.9 Å².